The molecule has 0 radical (unpaired) electrons. The lowest BCUT2D eigenvalue weighted by molar-refractivity contribution is 0.0547. The number of anilines is 2. The summed E-state index contributed by atoms with van der Waals surface area (Å²) in [5.41, 5.74) is 2.42. The molecule has 0 aliphatic carbocycles. The molecule has 2 heterocycles. The Hall–Kier alpha value is -3.57. The molecule has 3 aromatic rings. The Balaban J connectivity index is 1.74. The zero-order valence-electron chi connectivity index (χ0n) is 23.2. The number of aliphatic hydroxyl groups is 1. The average Bonchev–Trinajstić information content (AvgIpc) is 3.19. The van der Waals surface area contributed by atoms with Crippen molar-refractivity contribution in [2.45, 2.75) is 45.1 Å². The number of para-hydroxylation sites is 1. The highest BCUT2D eigenvalue weighted by Gasteiger charge is 2.27. The molecule has 0 atom stereocenters. The number of nitrogens with zero attached hydrogens (tertiary/aromatic N) is 2. The minimum atomic E-state index is -3.62. The molecule has 4 rings (SSSR count). The van der Waals surface area contributed by atoms with Crippen molar-refractivity contribution >= 4 is 44.1 Å². The number of piperidine rings is 1. The van der Waals surface area contributed by atoms with Crippen LogP contribution in [0.5, 0.6) is 5.75 Å². The number of carbonyl (C=O) groups excluding carboxylic acids is 2. The van der Waals surface area contributed by atoms with Gasteiger partial charge in [-0.3, -0.25) is 14.3 Å². The SMILES string of the molecule is COc1c(NC(=O)c2cc3cccc(C(=O)N4CCC(O)CC4)c3n2C)cc(C(C)(C)C)cc1NS(C)(=O)=O. The lowest BCUT2D eigenvalue weighted by atomic mass is 9.86. The second kappa shape index (κ2) is 10.5. The Bertz CT molecular complexity index is 1530. The van der Waals surface area contributed by atoms with Crippen LogP contribution in [0.3, 0.4) is 0 Å². The molecule has 3 N–H and O–H groups in total. The van der Waals surface area contributed by atoms with Gasteiger partial charge in [0.1, 0.15) is 5.69 Å². The number of hydrogen-bond acceptors (Lipinski definition) is 6. The second-order valence-corrected chi connectivity index (χ2v) is 12.8. The van der Waals surface area contributed by atoms with Crippen molar-refractivity contribution < 1.29 is 27.9 Å². The van der Waals surface area contributed by atoms with E-state index in [1.54, 1.807) is 46.8 Å². The van der Waals surface area contributed by atoms with Crippen LogP contribution >= 0.6 is 0 Å². The number of amides is 2. The molecule has 2 aromatic carbocycles. The third-order valence-corrected chi connectivity index (χ3v) is 7.56. The number of aryl methyl sites for hydroxylation is 1. The van der Waals surface area contributed by atoms with Crippen molar-refractivity contribution in [3.63, 3.8) is 0 Å². The molecule has 210 valence electrons. The molecule has 10 nitrogen and oxygen atoms in total. The number of likely N-dealkylation sites (tertiary alicyclic amines) is 1. The van der Waals surface area contributed by atoms with E-state index in [9.17, 15) is 23.1 Å². The zero-order chi connectivity index (χ0) is 28.7. The first kappa shape index (κ1) is 28.4. The molecule has 1 aliphatic heterocycles. The number of ether oxygens (including phenoxy) is 1. The van der Waals surface area contributed by atoms with Gasteiger partial charge in [-0.25, -0.2) is 8.42 Å². The molecule has 2 amide bonds. The van der Waals surface area contributed by atoms with E-state index in [-0.39, 0.29) is 22.8 Å². The number of benzene rings is 2. The molecular formula is C28H36N4O6S. The molecule has 0 bridgehead atoms. The fraction of sp³-hybridized carbons (Fsp3) is 0.429. The van der Waals surface area contributed by atoms with E-state index in [1.807, 2.05) is 26.8 Å². The fourth-order valence-corrected chi connectivity index (χ4v) is 5.43. The summed E-state index contributed by atoms with van der Waals surface area (Å²) in [7, 11) is -0.480. The molecule has 39 heavy (non-hydrogen) atoms. The predicted octanol–water partition coefficient (Wildman–Crippen LogP) is 3.71. The third-order valence-electron chi connectivity index (χ3n) is 6.97. The van der Waals surface area contributed by atoms with Crippen LogP contribution in [0.2, 0.25) is 0 Å². The summed E-state index contributed by atoms with van der Waals surface area (Å²) in [4.78, 5) is 28.7. The Morgan fingerprint density at radius 1 is 1.08 bits per heavy atom. The van der Waals surface area contributed by atoms with Crippen LogP contribution in [-0.4, -0.2) is 67.4 Å². The van der Waals surface area contributed by atoms with E-state index in [0.717, 1.165) is 17.2 Å². The highest BCUT2D eigenvalue weighted by atomic mass is 32.2. The summed E-state index contributed by atoms with van der Waals surface area (Å²) in [6, 6.07) is 10.6. The molecule has 0 unspecified atom stereocenters. The van der Waals surface area contributed by atoms with Crippen LogP contribution in [0.1, 0.15) is 60.0 Å². The summed E-state index contributed by atoms with van der Waals surface area (Å²) in [6.07, 6.45) is 1.73. The number of fused-ring (bicyclic) bond motifs is 1. The second-order valence-electron chi connectivity index (χ2n) is 11.0. The number of carbonyl (C=O) groups is 2. The molecule has 0 saturated carbocycles. The van der Waals surface area contributed by atoms with Crippen LogP contribution in [0.15, 0.2) is 36.4 Å². The van der Waals surface area contributed by atoms with E-state index in [1.165, 1.54) is 7.11 Å². The van der Waals surface area contributed by atoms with Crippen molar-refractivity contribution in [3.05, 3.63) is 53.2 Å². The van der Waals surface area contributed by atoms with Gasteiger partial charge in [-0.05, 0) is 48.1 Å². The van der Waals surface area contributed by atoms with Crippen molar-refractivity contribution in [1.82, 2.24) is 9.47 Å². The largest absolute Gasteiger partial charge is 0.492 e. The number of sulfonamides is 1. The number of hydrogen-bond donors (Lipinski definition) is 3. The fourth-order valence-electron chi connectivity index (χ4n) is 4.88. The van der Waals surface area contributed by atoms with Gasteiger partial charge in [0.05, 0.1) is 41.9 Å². The molecule has 1 fully saturated rings. The Labute approximate surface area is 229 Å². The van der Waals surface area contributed by atoms with Gasteiger partial charge in [0.2, 0.25) is 10.0 Å². The number of rotatable bonds is 6. The average molecular weight is 557 g/mol. The standard InChI is InChI=1S/C28H36N4O6S/c1-28(2,3)18-15-21(25(38-5)22(16-18)30-39(6,36)37)29-26(34)23-14-17-8-7-9-20(24(17)31(23)4)27(35)32-12-10-19(33)11-13-32/h7-9,14-16,19,30,33H,10-13H2,1-6H3,(H,29,34). The molecule has 1 aromatic heterocycles. The molecule has 11 heteroatoms. The van der Waals surface area contributed by atoms with E-state index < -0.39 is 22.0 Å². The Morgan fingerprint density at radius 2 is 1.72 bits per heavy atom. The van der Waals surface area contributed by atoms with Crippen LogP contribution in [0.25, 0.3) is 10.9 Å². The lowest BCUT2D eigenvalue weighted by Crippen LogP contribution is -2.40. The highest BCUT2D eigenvalue weighted by molar-refractivity contribution is 7.92. The number of methoxy groups -OCH3 is 1. The first-order valence-electron chi connectivity index (χ1n) is 12.8. The number of aliphatic hydroxyl groups excluding tert-OH is 1. The van der Waals surface area contributed by atoms with E-state index in [4.69, 9.17) is 4.74 Å². The number of nitrogens with one attached hydrogen (secondary N) is 2. The van der Waals surface area contributed by atoms with Gasteiger partial charge in [0.25, 0.3) is 11.8 Å². The van der Waals surface area contributed by atoms with Crippen LogP contribution < -0.4 is 14.8 Å². The maximum absolute atomic E-state index is 13.6. The topological polar surface area (TPSA) is 130 Å². The van der Waals surface area contributed by atoms with Crippen molar-refractivity contribution in [1.29, 1.82) is 0 Å². The molecule has 0 spiro atoms. The van der Waals surface area contributed by atoms with Gasteiger partial charge in [0.15, 0.2) is 5.75 Å². The highest BCUT2D eigenvalue weighted by Crippen LogP contribution is 2.39. The minimum Gasteiger partial charge on any atom is -0.492 e. The van der Waals surface area contributed by atoms with Gasteiger partial charge in [-0.2, -0.15) is 0 Å². The summed E-state index contributed by atoms with van der Waals surface area (Å²) >= 11 is 0. The monoisotopic (exact) mass is 556 g/mol. The summed E-state index contributed by atoms with van der Waals surface area (Å²) in [5, 5.41) is 13.5. The van der Waals surface area contributed by atoms with E-state index in [2.05, 4.69) is 10.0 Å². The molecular weight excluding hydrogens is 520 g/mol. The van der Waals surface area contributed by atoms with Crippen molar-refractivity contribution in [2.75, 3.05) is 36.5 Å². The van der Waals surface area contributed by atoms with Gasteiger partial charge >= 0.3 is 0 Å². The quantitative estimate of drug-likeness (QED) is 0.425. The first-order chi connectivity index (χ1) is 18.2. The number of aromatic nitrogens is 1. The predicted molar refractivity (Wildman–Crippen MR) is 152 cm³/mol. The van der Waals surface area contributed by atoms with Crippen LogP contribution in [0.4, 0.5) is 11.4 Å². The molecule has 1 saturated heterocycles. The summed E-state index contributed by atoms with van der Waals surface area (Å²) < 4.78 is 33.8. The summed E-state index contributed by atoms with van der Waals surface area (Å²) in [6.45, 7) is 6.90. The van der Waals surface area contributed by atoms with Crippen LogP contribution in [0, 0.1) is 0 Å². The van der Waals surface area contributed by atoms with Gasteiger partial charge in [-0.1, -0.05) is 32.9 Å². The maximum atomic E-state index is 13.6. The zero-order valence-corrected chi connectivity index (χ0v) is 24.0. The van der Waals surface area contributed by atoms with Crippen molar-refractivity contribution in [3.8, 4) is 5.75 Å². The maximum Gasteiger partial charge on any atom is 0.272 e. The normalized spacial score (nSPS) is 14.9. The third kappa shape index (κ3) is 6.04. The first-order valence-corrected chi connectivity index (χ1v) is 14.7. The Morgan fingerprint density at radius 3 is 2.31 bits per heavy atom. The van der Waals surface area contributed by atoms with Gasteiger partial charge in [-0.15, -0.1) is 0 Å². The minimum absolute atomic E-state index is 0.142. The lowest BCUT2D eigenvalue weighted by Gasteiger charge is -2.30. The van der Waals surface area contributed by atoms with Gasteiger partial charge < -0.3 is 24.6 Å². The smallest absolute Gasteiger partial charge is 0.272 e. The van der Waals surface area contributed by atoms with E-state index >= 15 is 0 Å². The summed E-state index contributed by atoms with van der Waals surface area (Å²) in [5.74, 6) is -0.400. The molecule has 1 aliphatic rings. The van der Waals surface area contributed by atoms with Crippen molar-refractivity contribution in [2.24, 2.45) is 7.05 Å². The van der Waals surface area contributed by atoms with E-state index in [0.29, 0.717) is 48.4 Å². The Kier molecular flexibility index (Phi) is 7.68. The van der Waals surface area contributed by atoms with Gasteiger partial charge in [0, 0.05) is 25.5 Å². The van der Waals surface area contributed by atoms with Crippen LogP contribution in [-0.2, 0) is 22.5 Å².